The van der Waals surface area contributed by atoms with Crippen LogP contribution >= 0.6 is 11.3 Å². The van der Waals surface area contributed by atoms with E-state index in [-0.39, 0.29) is 30.6 Å². The Morgan fingerprint density at radius 2 is 2.04 bits per heavy atom. The number of hydrogen-bond donors (Lipinski definition) is 2. The first-order valence-electron chi connectivity index (χ1n) is 8.34. The van der Waals surface area contributed by atoms with Gasteiger partial charge < -0.3 is 15.4 Å². The summed E-state index contributed by atoms with van der Waals surface area (Å²) in [7, 11) is -3.08. The molecule has 1 aromatic heterocycles. The highest BCUT2D eigenvalue weighted by atomic mass is 32.2. The minimum atomic E-state index is -3.08. The number of sulfone groups is 1. The molecule has 0 unspecified atom stereocenters. The zero-order valence-corrected chi connectivity index (χ0v) is 16.6. The fourth-order valence-corrected chi connectivity index (χ4v) is 3.17. The molecule has 0 spiro atoms. The molecule has 0 aliphatic heterocycles. The van der Waals surface area contributed by atoms with Crippen LogP contribution in [-0.4, -0.2) is 45.4 Å². The van der Waals surface area contributed by atoms with Crippen molar-refractivity contribution in [2.24, 2.45) is 0 Å². The van der Waals surface area contributed by atoms with Crippen LogP contribution in [0.2, 0.25) is 0 Å². The van der Waals surface area contributed by atoms with Gasteiger partial charge in [0.05, 0.1) is 5.75 Å². The molecule has 1 aromatic carbocycles. The molecule has 0 saturated heterocycles. The maximum absolute atomic E-state index is 12.0. The van der Waals surface area contributed by atoms with Crippen molar-refractivity contribution in [1.82, 2.24) is 5.32 Å². The van der Waals surface area contributed by atoms with Crippen LogP contribution in [-0.2, 0) is 14.6 Å². The molecule has 146 valence electrons. The van der Waals surface area contributed by atoms with Gasteiger partial charge in [-0.05, 0) is 30.0 Å². The lowest BCUT2D eigenvalue weighted by Gasteiger charge is -2.09. The molecule has 1 heterocycles. The summed E-state index contributed by atoms with van der Waals surface area (Å²) in [6.07, 6.45) is 1.94. The fraction of sp³-hybridized carbons (Fsp3) is 0.333. The van der Waals surface area contributed by atoms with Gasteiger partial charge in [0.25, 0.3) is 5.91 Å². The first-order valence-corrected chi connectivity index (χ1v) is 11.3. The van der Waals surface area contributed by atoms with Crippen LogP contribution in [0.15, 0.2) is 41.1 Å². The van der Waals surface area contributed by atoms with Crippen LogP contribution < -0.4 is 15.4 Å². The Balaban J connectivity index is 1.70. The summed E-state index contributed by atoms with van der Waals surface area (Å²) in [6, 6.07) is 8.51. The summed E-state index contributed by atoms with van der Waals surface area (Å²) in [5, 5.41) is 9.13. The standard InChI is InChI=1S/C18H22N2O5S2/c1-27(23,24)11-9-25-16-5-2-4-15(12-16)20-17(21)6-3-8-19-18(22)14-7-10-26-13-14/h2,4-5,7,10,12-13H,3,6,8-9,11H2,1H3,(H,19,22)(H,20,21). The normalized spacial score (nSPS) is 11.0. The Hall–Kier alpha value is -2.39. The van der Waals surface area contributed by atoms with E-state index in [0.717, 1.165) is 6.26 Å². The van der Waals surface area contributed by atoms with Crippen LogP contribution in [0.25, 0.3) is 0 Å². The van der Waals surface area contributed by atoms with E-state index < -0.39 is 9.84 Å². The maximum atomic E-state index is 12.0. The van der Waals surface area contributed by atoms with E-state index in [0.29, 0.717) is 30.0 Å². The van der Waals surface area contributed by atoms with Crippen molar-refractivity contribution < 1.29 is 22.7 Å². The van der Waals surface area contributed by atoms with Crippen LogP contribution in [0, 0.1) is 0 Å². The van der Waals surface area contributed by atoms with Gasteiger partial charge in [-0.3, -0.25) is 9.59 Å². The van der Waals surface area contributed by atoms with E-state index in [9.17, 15) is 18.0 Å². The summed E-state index contributed by atoms with van der Waals surface area (Å²) < 4.78 is 27.6. The number of benzene rings is 1. The van der Waals surface area contributed by atoms with Gasteiger partial charge in [0, 0.05) is 41.9 Å². The molecule has 27 heavy (non-hydrogen) atoms. The van der Waals surface area contributed by atoms with Crippen molar-refractivity contribution in [3.8, 4) is 5.75 Å². The van der Waals surface area contributed by atoms with Gasteiger partial charge in [-0.2, -0.15) is 11.3 Å². The number of thiophene rings is 1. The largest absolute Gasteiger partial charge is 0.492 e. The molecule has 9 heteroatoms. The van der Waals surface area contributed by atoms with Crippen LogP contribution in [0.5, 0.6) is 5.75 Å². The van der Waals surface area contributed by atoms with Crippen molar-refractivity contribution in [1.29, 1.82) is 0 Å². The molecule has 0 radical (unpaired) electrons. The predicted octanol–water partition coefficient (Wildman–Crippen LogP) is 2.32. The second-order valence-electron chi connectivity index (χ2n) is 5.93. The van der Waals surface area contributed by atoms with E-state index in [2.05, 4.69) is 10.6 Å². The molecule has 2 N–H and O–H groups in total. The fourth-order valence-electron chi connectivity index (χ4n) is 2.14. The van der Waals surface area contributed by atoms with E-state index in [1.54, 1.807) is 35.7 Å². The Labute approximate surface area is 162 Å². The minimum absolute atomic E-state index is 0.0556. The molecule has 0 aliphatic rings. The maximum Gasteiger partial charge on any atom is 0.252 e. The molecule has 0 atom stereocenters. The van der Waals surface area contributed by atoms with Crippen LogP contribution in [0.1, 0.15) is 23.2 Å². The zero-order valence-electron chi connectivity index (χ0n) is 14.9. The van der Waals surface area contributed by atoms with Gasteiger partial charge in [-0.1, -0.05) is 6.07 Å². The summed E-state index contributed by atoms with van der Waals surface area (Å²) >= 11 is 1.46. The average Bonchev–Trinajstić information content (AvgIpc) is 3.12. The Bertz CT molecular complexity index is 864. The Morgan fingerprint density at radius 3 is 2.74 bits per heavy atom. The minimum Gasteiger partial charge on any atom is -0.492 e. The number of rotatable bonds is 10. The summed E-state index contributed by atoms with van der Waals surface area (Å²) in [4.78, 5) is 23.8. The molecule has 0 fully saturated rings. The van der Waals surface area contributed by atoms with Gasteiger partial charge in [-0.15, -0.1) is 0 Å². The summed E-state index contributed by atoms with van der Waals surface area (Å²) in [6.45, 7) is 0.469. The number of carbonyl (C=O) groups is 2. The Kier molecular flexibility index (Phi) is 7.81. The molecule has 0 bridgehead atoms. The molecule has 2 aromatic rings. The molecule has 0 saturated carbocycles. The van der Waals surface area contributed by atoms with Crippen molar-refractivity contribution in [3.05, 3.63) is 46.7 Å². The van der Waals surface area contributed by atoms with Crippen LogP contribution in [0.3, 0.4) is 0 Å². The summed E-state index contributed by atoms with van der Waals surface area (Å²) in [5.74, 6) is 0.101. The highest BCUT2D eigenvalue weighted by Gasteiger charge is 2.07. The number of ether oxygens (including phenoxy) is 1. The number of amides is 2. The number of carbonyl (C=O) groups excluding carboxylic acids is 2. The second-order valence-corrected chi connectivity index (χ2v) is 8.97. The van der Waals surface area contributed by atoms with Gasteiger partial charge in [0.2, 0.25) is 5.91 Å². The first-order chi connectivity index (χ1) is 12.8. The van der Waals surface area contributed by atoms with Gasteiger partial charge in [-0.25, -0.2) is 8.42 Å². The molecular formula is C18H22N2O5S2. The third-order valence-corrected chi connectivity index (χ3v) is 5.08. The van der Waals surface area contributed by atoms with Crippen molar-refractivity contribution in [3.63, 3.8) is 0 Å². The smallest absolute Gasteiger partial charge is 0.252 e. The number of nitrogens with one attached hydrogen (secondary N) is 2. The monoisotopic (exact) mass is 410 g/mol. The second kappa shape index (κ2) is 10.1. The van der Waals surface area contributed by atoms with Crippen molar-refractivity contribution >= 4 is 38.7 Å². The van der Waals surface area contributed by atoms with E-state index >= 15 is 0 Å². The van der Waals surface area contributed by atoms with E-state index in [1.807, 2.05) is 5.38 Å². The van der Waals surface area contributed by atoms with Gasteiger partial charge in [0.15, 0.2) is 9.84 Å². The molecular weight excluding hydrogens is 388 g/mol. The quantitative estimate of drug-likeness (QED) is 0.586. The first kappa shape index (κ1) is 20.9. The number of hydrogen-bond acceptors (Lipinski definition) is 6. The predicted molar refractivity (Wildman–Crippen MR) is 106 cm³/mol. The molecule has 2 amide bonds. The number of anilines is 1. The third-order valence-electron chi connectivity index (χ3n) is 3.49. The third kappa shape index (κ3) is 8.23. The average molecular weight is 411 g/mol. The Morgan fingerprint density at radius 1 is 1.22 bits per heavy atom. The van der Waals surface area contributed by atoms with Crippen molar-refractivity contribution in [2.45, 2.75) is 12.8 Å². The molecule has 2 rings (SSSR count). The molecule has 7 nitrogen and oxygen atoms in total. The SMILES string of the molecule is CS(=O)(=O)CCOc1cccc(NC(=O)CCCNC(=O)c2ccsc2)c1. The van der Waals surface area contributed by atoms with E-state index in [4.69, 9.17) is 4.74 Å². The highest BCUT2D eigenvalue weighted by Crippen LogP contribution is 2.17. The lowest BCUT2D eigenvalue weighted by atomic mass is 10.2. The zero-order chi connectivity index (χ0) is 19.7. The van der Waals surface area contributed by atoms with Gasteiger partial charge >= 0.3 is 0 Å². The van der Waals surface area contributed by atoms with Crippen molar-refractivity contribution in [2.75, 3.05) is 30.5 Å². The van der Waals surface area contributed by atoms with E-state index in [1.165, 1.54) is 11.3 Å². The van der Waals surface area contributed by atoms with Gasteiger partial charge in [0.1, 0.15) is 12.4 Å². The lowest BCUT2D eigenvalue weighted by molar-refractivity contribution is -0.116. The summed E-state index contributed by atoms with van der Waals surface area (Å²) in [5.41, 5.74) is 1.19. The topological polar surface area (TPSA) is 102 Å². The highest BCUT2D eigenvalue weighted by molar-refractivity contribution is 7.90. The van der Waals surface area contributed by atoms with Crippen LogP contribution in [0.4, 0.5) is 5.69 Å². The lowest BCUT2D eigenvalue weighted by Crippen LogP contribution is -2.25. The molecule has 0 aliphatic carbocycles.